The number of hydrogen-bond acceptors (Lipinski definition) is 4. The number of fused-ring (bicyclic) bond motifs is 1. The molecule has 1 aromatic heterocycles. The van der Waals surface area contributed by atoms with Gasteiger partial charge in [0.15, 0.2) is 0 Å². The van der Waals surface area contributed by atoms with E-state index in [9.17, 15) is 5.11 Å². The lowest BCUT2D eigenvalue weighted by atomic mass is 10.1. The van der Waals surface area contributed by atoms with Crippen molar-refractivity contribution in [2.45, 2.75) is 37.5 Å². The SMILES string of the molecule is OC(Cc1ccc(Br)cn1)C1CN2CCCC2CO1. The third kappa shape index (κ3) is 3.16. The summed E-state index contributed by atoms with van der Waals surface area (Å²) in [5.41, 5.74) is 0.905. The van der Waals surface area contributed by atoms with Crippen LogP contribution in [-0.2, 0) is 11.2 Å². The van der Waals surface area contributed by atoms with Crippen LogP contribution in [-0.4, -0.2) is 52.9 Å². The lowest BCUT2D eigenvalue weighted by molar-refractivity contribution is -0.101. The molecule has 3 unspecified atom stereocenters. The monoisotopic (exact) mass is 326 g/mol. The van der Waals surface area contributed by atoms with Crippen LogP contribution in [0.2, 0.25) is 0 Å². The molecular formula is C14H19BrN2O2. The lowest BCUT2D eigenvalue weighted by Crippen LogP contribution is -2.50. The summed E-state index contributed by atoms with van der Waals surface area (Å²) in [6.07, 6.45) is 4.24. The molecule has 0 radical (unpaired) electrons. The molecule has 2 aliphatic rings. The number of aliphatic hydroxyl groups excluding tert-OH is 1. The van der Waals surface area contributed by atoms with E-state index in [1.54, 1.807) is 6.20 Å². The highest BCUT2D eigenvalue weighted by molar-refractivity contribution is 9.10. The van der Waals surface area contributed by atoms with Gasteiger partial charge in [-0.3, -0.25) is 9.88 Å². The number of aromatic nitrogens is 1. The Morgan fingerprint density at radius 2 is 2.42 bits per heavy atom. The highest BCUT2D eigenvalue weighted by Crippen LogP contribution is 2.24. The van der Waals surface area contributed by atoms with Crippen LogP contribution in [0.4, 0.5) is 0 Å². The molecule has 0 spiro atoms. The van der Waals surface area contributed by atoms with Crippen LogP contribution in [0.15, 0.2) is 22.8 Å². The van der Waals surface area contributed by atoms with Gasteiger partial charge in [-0.05, 0) is 47.4 Å². The van der Waals surface area contributed by atoms with E-state index in [4.69, 9.17) is 4.74 Å². The van der Waals surface area contributed by atoms with Gasteiger partial charge in [-0.1, -0.05) is 0 Å². The first kappa shape index (κ1) is 13.5. The van der Waals surface area contributed by atoms with Crippen molar-refractivity contribution in [3.8, 4) is 0 Å². The smallest absolute Gasteiger partial charge is 0.0965 e. The second kappa shape index (κ2) is 5.87. The molecule has 1 aromatic rings. The fourth-order valence-electron chi connectivity index (χ4n) is 2.95. The van der Waals surface area contributed by atoms with Crippen molar-refractivity contribution < 1.29 is 9.84 Å². The first-order chi connectivity index (χ1) is 9.22. The van der Waals surface area contributed by atoms with Gasteiger partial charge in [-0.2, -0.15) is 0 Å². The number of hydrogen-bond donors (Lipinski definition) is 1. The van der Waals surface area contributed by atoms with Crippen molar-refractivity contribution in [1.82, 2.24) is 9.88 Å². The number of nitrogens with zero attached hydrogens (tertiary/aromatic N) is 2. The third-order valence-electron chi connectivity index (χ3n) is 4.05. The maximum absolute atomic E-state index is 10.3. The molecule has 3 heterocycles. The Hall–Kier alpha value is -0.490. The fraction of sp³-hybridized carbons (Fsp3) is 0.643. The summed E-state index contributed by atoms with van der Waals surface area (Å²) < 4.78 is 6.78. The number of ether oxygens (including phenoxy) is 1. The van der Waals surface area contributed by atoms with E-state index in [1.165, 1.54) is 12.8 Å². The minimum absolute atomic E-state index is 0.0835. The van der Waals surface area contributed by atoms with Crippen LogP contribution in [0.3, 0.4) is 0 Å². The summed E-state index contributed by atoms with van der Waals surface area (Å²) in [6.45, 7) is 2.76. The van der Waals surface area contributed by atoms with Crippen LogP contribution < -0.4 is 0 Å². The van der Waals surface area contributed by atoms with Crippen LogP contribution in [0.5, 0.6) is 0 Å². The highest BCUT2D eigenvalue weighted by Gasteiger charge is 2.35. The highest BCUT2D eigenvalue weighted by atomic mass is 79.9. The number of pyridine rings is 1. The van der Waals surface area contributed by atoms with Crippen LogP contribution in [0.1, 0.15) is 18.5 Å². The largest absolute Gasteiger partial charge is 0.390 e. The van der Waals surface area contributed by atoms with E-state index >= 15 is 0 Å². The van der Waals surface area contributed by atoms with Crippen molar-refractivity contribution in [2.24, 2.45) is 0 Å². The first-order valence-electron chi connectivity index (χ1n) is 6.86. The Morgan fingerprint density at radius 3 is 3.21 bits per heavy atom. The molecule has 1 N–H and O–H groups in total. The van der Waals surface area contributed by atoms with Crippen molar-refractivity contribution in [3.05, 3.63) is 28.5 Å². The van der Waals surface area contributed by atoms with Gasteiger partial charge in [0.05, 0.1) is 18.8 Å². The van der Waals surface area contributed by atoms with Gasteiger partial charge >= 0.3 is 0 Å². The molecule has 0 bridgehead atoms. The van der Waals surface area contributed by atoms with Crippen molar-refractivity contribution >= 4 is 15.9 Å². The normalized spacial score (nSPS) is 29.2. The summed E-state index contributed by atoms with van der Waals surface area (Å²) >= 11 is 3.36. The van der Waals surface area contributed by atoms with Crippen molar-refractivity contribution in [1.29, 1.82) is 0 Å². The molecule has 3 rings (SSSR count). The van der Waals surface area contributed by atoms with Gasteiger partial charge in [0.25, 0.3) is 0 Å². The van der Waals surface area contributed by atoms with E-state index in [0.717, 1.165) is 29.9 Å². The molecule has 0 saturated carbocycles. The van der Waals surface area contributed by atoms with Gasteiger partial charge in [-0.15, -0.1) is 0 Å². The van der Waals surface area contributed by atoms with Gasteiger partial charge in [-0.25, -0.2) is 0 Å². The maximum atomic E-state index is 10.3. The molecule has 2 saturated heterocycles. The number of morpholine rings is 1. The Morgan fingerprint density at radius 1 is 1.53 bits per heavy atom. The molecule has 2 fully saturated rings. The summed E-state index contributed by atoms with van der Waals surface area (Å²) in [6, 6.07) is 4.47. The lowest BCUT2D eigenvalue weighted by Gasteiger charge is -2.37. The quantitative estimate of drug-likeness (QED) is 0.916. The van der Waals surface area contributed by atoms with Gasteiger partial charge in [0.1, 0.15) is 0 Å². The zero-order valence-corrected chi connectivity index (χ0v) is 12.4. The third-order valence-corrected chi connectivity index (χ3v) is 4.52. The Balaban J connectivity index is 1.58. The molecule has 0 amide bonds. The van der Waals surface area contributed by atoms with E-state index in [0.29, 0.717) is 12.5 Å². The zero-order chi connectivity index (χ0) is 13.2. The van der Waals surface area contributed by atoms with Crippen LogP contribution >= 0.6 is 15.9 Å². The van der Waals surface area contributed by atoms with Crippen molar-refractivity contribution in [3.63, 3.8) is 0 Å². The van der Waals surface area contributed by atoms with E-state index < -0.39 is 6.10 Å². The van der Waals surface area contributed by atoms with Gasteiger partial charge < -0.3 is 9.84 Å². The summed E-state index contributed by atoms with van der Waals surface area (Å²) in [4.78, 5) is 6.75. The Bertz CT molecular complexity index is 426. The van der Waals surface area contributed by atoms with Gasteiger partial charge in [0, 0.05) is 35.4 Å². The number of halogens is 1. The molecule has 104 valence electrons. The van der Waals surface area contributed by atoms with Crippen LogP contribution in [0, 0.1) is 0 Å². The number of rotatable bonds is 3. The second-order valence-corrected chi connectivity index (χ2v) is 6.32. The second-order valence-electron chi connectivity index (χ2n) is 5.40. The molecule has 4 nitrogen and oxygen atoms in total. The van der Waals surface area contributed by atoms with Gasteiger partial charge in [0.2, 0.25) is 0 Å². The minimum atomic E-state index is -0.477. The maximum Gasteiger partial charge on any atom is 0.0965 e. The molecule has 0 aliphatic carbocycles. The van der Waals surface area contributed by atoms with E-state index in [1.807, 2.05) is 12.1 Å². The topological polar surface area (TPSA) is 45.6 Å². The zero-order valence-electron chi connectivity index (χ0n) is 10.8. The number of aliphatic hydroxyl groups is 1. The van der Waals surface area contributed by atoms with Crippen molar-refractivity contribution in [2.75, 3.05) is 19.7 Å². The van der Waals surface area contributed by atoms with E-state index in [-0.39, 0.29) is 6.10 Å². The summed E-state index contributed by atoms with van der Waals surface area (Å²) in [5.74, 6) is 0. The summed E-state index contributed by atoms with van der Waals surface area (Å²) in [7, 11) is 0. The average molecular weight is 327 g/mol. The predicted molar refractivity (Wildman–Crippen MR) is 76.0 cm³/mol. The molecule has 19 heavy (non-hydrogen) atoms. The Kier molecular flexibility index (Phi) is 4.17. The first-order valence-corrected chi connectivity index (χ1v) is 7.66. The molecule has 3 atom stereocenters. The molecule has 2 aliphatic heterocycles. The van der Waals surface area contributed by atoms with E-state index in [2.05, 4.69) is 25.8 Å². The molecule has 5 heteroatoms. The average Bonchev–Trinajstić information content (AvgIpc) is 2.88. The summed E-state index contributed by atoms with van der Waals surface area (Å²) in [5, 5.41) is 10.3. The standard InChI is InChI=1S/C14H19BrN2O2/c15-10-3-4-11(16-7-10)6-13(18)14-8-17-5-1-2-12(17)9-19-14/h3-4,7,12-14,18H,1-2,5-6,8-9H2. The molecular weight excluding hydrogens is 308 g/mol. The van der Waals surface area contributed by atoms with Crippen LogP contribution in [0.25, 0.3) is 0 Å². The fourth-order valence-corrected chi connectivity index (χ4v) is 3.18. The predicted octanol–water partition coefficient (Wildman–Crippen LogP) is 1.61. The molecule has 0 aromatic carbocycles. The Labute approximate surface area is 121 Å². The minimum Gasteiger partial charge on any atom is -0.390 e.